The highest BCUT2D eigenvalue weighted by molar-refractivity contribution is 5.35. The molecule has 0 saturated heterocycles. The monoisotopic (exact) mass is 277 g/mol. The minimum Gasteiger partial charge on any atom is -0.492 e. The van der Waals surface area contributed by atoms with Gasteiger partial charge in [-0.25, -0.2) is 0 Å². The number of benzene rings is 1. The Labute approximate surface area is 115 Å². The minimum atomic E-state index is -0.440. The Balaban J connectivity index is 1.66. The number of non-ortho nitro benzene ring substituents is 1. The molecule has 0 aliphatic heterocycles. The number of nitro benzene ring substituents is 1. The summed E-state index contributed by atoms with van der Waals surface area (Å²) in [5.41, 5.74) is 0.903. The Morgan fingerprint density at radius 1 is 1.40 bits per heavy atom. The van der Waals surface area contributed by atoms with Crippen molar-refractivity contribution in [2.45, 2.75) is 13.5 Å². The summed E-state index contributed by atoms with van der Waals surface area (Å²) in [5, 5.41) is 17.4. The van der Waals surface area contributed by atoms with Crippen LogP contribution in [0.25, 0.3) is 0 Å². The first-order valence-electron chi connectivity index (χ1n) is 6.15. The summed E-state index contributed by atoms with van der Waals surface area (Å²) in [7, 11) is 0. The molecule has 1 N–H and O–H groups in total. The van der Waals surface area contributed by atoms with Crippen LogP contribution in [0.4, 0.5) is 5.69 Å². The van der Waals surface area contributed by atoms with Crippen molar-refractivity contribution in [2.24, 2.45) is 0 Å². The van der Waals surface area contributed by atoms with Gasteiger partial charge in [-0.2, -0.15) is 0 Å². The number of aromatic nitrogens is 1. The zero-order valence-electron chi connectivity index (χ0n) is 11.0. The van der Waals surface area contributed by atoms with Gasteiger partial charge in [-0.1, -0.05) is 5.16 Å². The van der Waals surface area contributed by atoms with Crippen LogP contribution in [0.1, 0.15) is 11.5 Å². The van der Waals surface area contributed by atoms with Crippen molar-refractivity contribution in [3.63, 3.8) is 0 Å². The predicted octanol–water partition coefficient (Wildman–Crippen LogP) is 2.06. The zero-order valence-corrected chi connectivity index (χ0v) is 11.0. The second-order valence-electron chi connectivity index (χ2n) is 4.21. The fraction of sp³-hybridized carbons (Fsp3) is 0.308. The Morgan fingerprint density at radius 3 is 2.75 bits per heavy atom. The van der Waals surface area contributed by atoms with Crippen LogP contribution in [-0.4, -0.2) is 23.2 Å². The number of nitrogens with zero attached hydrogens (tertiary/aromatic N) is 2. The van der Waals surface area contributed by atoms with Gasteiger partial charge in [0.05, 0.1) is 17.2 Å². The number of hydrogen-bond donors (Lipinski definition) is 1. The van der Waals surface area contributed by atoms with E-state index in [1.54, 1.807) is 12.1 Å². The van der Waals surface area contributed by atoms with Gasteiger partial charge in [0.1, 0.15) is 12.4 Å². The van der Waals surface area contributed by atoms with Crippen molar-refractivity contribution in [3.05, 3.63) is 51.9 Å². The molecule has 0 aliphatic rings. The lowest BCUT2D eigenvalue weighted by Crippen LogP contribution is -2.20. The number of hydrogen-bond acceptors (Lipinski definition) is 6. The quantitative estimate of drug-likeness (QED) is 0.473. The molecule has 0 bridgehead atoms. The molecule has 0 saturated carbocycles. The average molecular weight is 277 g/mol. The molecule has 0 aliphatic carbocycles. The van der Waals surface area contributed by atoms with E-state index in [2.05, 4.69) is 10.5 Å². The van der Waals surface area contributed by atoms with Gasteiger partial charge in [0.25, 0.3) is 5.69 Å². The van der Waals surface area contributed by atoms with E-state index in [4.69, 9.17) is 9.26 Å². The number of nitrogens with one attached hydrogen (secondary N) is 1. The van der Waals surface area contributed by atoms with Crippen molar-refractivity contribution < 1.29 is 14.2 Å². The number of nitro groups is 1. The summed E-state index contributed by atoms with van der Waals surface area (Å²) in [6, 6.07) is 7.86. The van der Waals surface area contributed by atoms with Crippen LogP contribution in [0.3, 0.4) is 0 Å². The zero-order chi connectivity index (χ0) is 14.4. The van der Waals surface area contributed by atoms with E-state index in [0.717, 1.165) is 11.5 Å². The third kappa shape index (κ3) is 4.06. The Hall–Kier alpha value is -2.41. The van der Waals surface area contributed by atoms with Crippen LogP contribution in [0, 0.1) is 17.0 Å². The van der Waals surface area contributed by atoms with Gasteiger partial charge < -0.3 is 14.6 Å². The third-order valence-corrected chi connectivity index (χ3v) is 2.57. The molecule has 0 spiro atoms. The van der Waals surface area contributed by atoms with Crippen molar-refractivity contribution in [1.29, 1.82) is 0 Å². The maximum absolute atomic E-state index is 10.5. The summed E-state index contributed by atoms with van der Waals surface area (Å²) in [6.45, 7) is 3.55. The van der Waals surface area contributed by atoms with E-state index in [1.807, 2.05) is 13.0 Å². The third-order valence-electron chi connectivity index (χ3n) is 2.57. The van der Waals surface area contributed by atoms with E-state index in [1.165, 1.54) is 12.1 Å². The first-order valence-corrected chi connectivity index (χ1v) is 6.15. The van der Waals surface area contributed by atoms with Gasteiger partial charge in [-0.15, -0.1) is 0 Å². The summed E-state index contributed by atoms with van der Waals surface area (Å²) < 4.78 is 10.5. The van der Waals surface area contributed by atoms with Gasteiger partial charge in [0.2, 0.25) is 0 Å². The van der Waals surface area contributed by atoms with Crippen LogP contribution < -0.4 is 10.1 Å². The number of rotatable bonds is 7. The second kappa shape index (κ2) is 6.67. The summed E-state index contributed by atoms with van der Waals surface area (Å²) in [5.74, 6) is 1.38. The molecule has 2 aromatic rings. The fourth-order valence-electron chi connectivity index (χ4n) is 1.62. The van der Waals surface area contributed by atoms with Crippen LogP contribution >= 0.6 is 0 Å². The molecule has 7 nitrogen and oxygen atoms in total. The second-order valence-corrected chi connectivity index (χ2v) is 4.21. The van der Waals surface area contributed by atoms with Crippen LogP contribution in [0.15, 0.2) is 34.9 Å². The molecule has 1 aromatic heterocycles. The highest BCUT2D eigenvalue weighted by atomic mass is 16.6. The van der Waals surface area contributed by atoms with E-state index in [9.17, 15) is 10.1 Å². The summed E-state index contributed by atoms with van der Waals surface area (Å²) in [4.78, 5) is 10.0. The number of ether oxygens (including phenoxy) is 1. The molecule has 7 heteroatoms. The van der Waals surface area contributed by atoms with E-state index in [0.29, 0.717) is 25.4 Å². The standard InChI is InChI=1S/C13H15N3O4/c1-10-8-13(20-15-10)9-14-6-7-19-12-4-2-11(3-5-12)16(17)18/h2-5,8,14H,6-7,9H2,1H3. The van der Waals surface area contributed by atoms with Crippen molar-refractivity contribution >= 4 is 5.69 Å². The Morgan fingerprint density at radius 2 is 2.15 bits per heavy atom. The van der Waals surface area contributed by atoms with Gasteiger partial charge in [0, 0.05) is 24.7 Å². The summed E-state index contributed by atoms with van der Waals surface area (Å²) >= 11 is 0. The SMILES string of the molecule is Cc1cc(CNCCOc2ccc([N+](=O)[O-])cc2)on1. The maximum atomic E-state index is 10.5. The molecule has 0 atom stereocenters. The molecule has 0 fully saturated rings. The van der Waals surface area contributed by atoms with E-state index >= 15 is 0 Å². The van der Waals surface area contributed by atoms with Crippen molar-refractivity contribution in [3.8, 4) is 5.75 Å². The molecule has 0 amide bonds. The Kier molecular flexibility index (Phi) is 4.67. The lowest BCUT2D eigenvalue weighted by molar-refractivity contribution is -0.384. The van der Waals surface area contributed by atoms with Crippen molar-refractivity contribution in [1.82, 2.24) is 10.5 Å². The Bertz CT molecular complexity index is 565. The largest absolute Gasteiger partial charge is 0.492 e. The molecule has 0 unspecified atom stereocenters. The van der Waals surface area contributed by atoms with Gasteiger partial charge in [-0.3, -0.25) is 10.1 Å². The van der Waals surface area contributed by atoms with Crippen molar-refractivity contribution in [2.75, 3.05) is 13.2 Å². The lowest BCUT2D eigenvalue weighted by atomic mass is 10.3. The molecule has 20 heavy (non-hydrogen) atoms. The highest BCUT2D eigenvalue weighted by Crippen LogP contribution is 2.16. The van der Waals surface area contributed by atoms with Gasteiger partial charge in [0.15, 0.2) is 5.76 Å². The van der Waals surface area contributed by atoms with Gasteiger partial charge >= 0.3 is 0 Å². The highest BCUT2D eigenvalue weighted by Gasteiger charge is 2.04. The first kappa shape index (κ1) is 14.0. The first-order chi connectivity index (χ1) is 9.65. The predicted molar refractivity (Wildman–Crippen MR) is 71.5 cm³/mol. The topological polar surface area (TPSA) is 90.4 Å². The van der Waals surface area contributed by atoms with Crippen LogP contribution in [0.2, 0.25) is 0 Å². The summed E-state index contributed by atoms with van der Waals surface area (Å²) in [6.07, 6.45) is 0. The average Bonchev–Trinajstić information content (AvgIpc) is 2.84. The molecule has 2 rings (SSSR count). The normalized spacial score (nSPS) is 10.4. The maximum Gasteiger partial charge on any atom is 0.269 e. The molecule has 0 radical (unpaired) electrons. The molecule has 106 valence electrons. The smallest absolute Gasteiger partial charge is 0.269 e. The van der Waals surface area contributed by atoms with E-state index in [-0.39, 0.29) is 5.69 Å². The lowest BCUT2D eigenvalue weighted by Gasteiger charge is -2.06. The van der Waals surface area contributed by atoms with Gasteiger partial charge in [-0.05, 0) is 19.1 Å². The minimum absolute atomic E-state index is 0.0520. The fourth-order valence-corrected chi connectivity index (χ4v) is 1.62. The molecular weight excluding hydrogens is 262 g/mol. The number of aryl methyl sites for hydroxylation is 1. The molecule has 1 heterocycles. The van der Waals surface area contributed by atoms with Crippen LogP contribution in [-0.2, 0) is 6.54 Å². The molecule has 1 aromatic carbocycles. The van der Waals surface area contributed by atoms with E-state index < -0.39 is 4.92 Å². The van der Waals surface area contributed by atoms with Crippen LogP contribution in [0.5, 0.6) is 5.75 Å². The molecular formula is C13H15N3O4.